The summed E-state index contributed by atoms with van der Waals surface area (Å²) in [6.07, 6.45) is -2.07. The summed E-state index contributed by atoms with van der Waals surface area (Å²) < 4.78 is 29.8. The number of esters is 1. The molecule has 1 heterocycles. The van der Waals surface area contributed by atoms with Crippen LogP contribution in [0.15, 0.2) is 6.20 Å². The van der Waals surface area contributed by atoms with Gasteiger partial charge < -0.3 is 10.5 Å². The molecule has 0 fully saturated rings. The first-order chi connectivity index (χ1) is 7.47. The molecule has 0 aliphatic rings. The van der Waals surface area contributed by atoms with E-state index in [2.05, 4.69) is 9.72 Å². The van der Waals surface area contributed by atoms with Crippen LogP contribution in [-0.4, -0.2) is 18.1 Å². The average Bonchev–Trinajstić information content (AvgIpc) is 2.22. The van der Waals surface area contributed by atoms with Crippen molar-refractivity contribution in [3.05, 3.63) is 22.5 Å². The van der Waals surface area contributed by atoms with Crippen LogP contribution in [0, 0.1) is 0 Å². The van der Waals surface area contributed by atoms with Crippen molar-refractivity contribution in [2.45, 2.75) is 12.8 Å². The van der Waals surface area contributed by atoms with Crippen LogP contribution in [0.4, 0.5) is 14.5 Å². The number of rotatable bonds is 3. The summed E-state index contributed by atoms with van der Waals surface area (Å²) >= 11 is 5.52. The highest BCUT2D eigenvalue weighted by Gasteiger charge is 2.22. The maximum absolute atomic E-state index is 12.7. The van der Waals surface area contributed by atoms with Crippen LogP contribution in [0.3, 0.4) is 0 Å². The van der Waals surface area contributed by atoms with E-state index in [0.717, 1.165) is 13.3 Å². The van der Waals surface area contributed by atoms with Crippen molar-refractivity contribution in [1.29, 1.82) is 0 Å². The molecule has 0 aliphatic carbocycles. The fourth-order valence-electron chi connectivity index (χ4n) is 1.19. The fourth-order valence-corrected chi connectivity index (χ4v) is 1.43. The number of carbonyl (C=O) groups excluding carboxylic acids is 1. The van der Waals surface area contributed by atoms with Crippen molar-refractivity contribution >= 4 is 23.3 Å². The molecule has 7 heteroatoms. The number of pyridine rings is 1. The standard InChI is InChI=1S/C9H9ClF2N2O2/c1-16-6(15)2-4-5(13)3-14-8(10)7(4)9(11)12/h3,9H,2,13H2,1H3. The monoisotopic (exact) mass is 250 g/mol. The Hall–Kier alpha value is -1.43. The summed E-state index contributed by atoms with van der Waals surface area (Å²) in [5.74, 6) is -0.670. The van der Waals surface area contributed by atoms with Crippen LogP contribution in [0.25, 0.3) is 0 Å². The van der Waals surface area contributed by atoms with E-state index in [9.17, 15) is 13.6 Å². The smallest absolute Gasteiger partial charge is 0.310 e. The second-order valence-electron chi connectivity index (χ2n) is 2.95. The predicted octanol–water partition coefficient (Wildman–Crippen LogP) is 1.97. The molecule has 0 spiro atoms. The van der Waals surface area contributed by atoms with Gasteiger partial charge in [-0.1, -0.05) is 11.6 Å². The fraction of sp³-hybridized carbons (Fsp3) is 0.333. The molecule has 0 unspecified atom stereocenters. The quantitative estimate of drug-likeness (QED) is 0.658. The van der Waals surface area contributed by atoms with Crippen molar-refractivity contribution < 1.29 is 18.3 Å². The molecule has 0 saturated heterocycles. The summed E-state index contributed by atoms with van der Waals surface area (Å²) in [6, 6.07) is 0. The van der Waals surface area contributed by atoms with Gasteiger partial charge in [-0.05, 0) is 5.56 Å². The molecule has 0 saturated carbocycles. The third-order valence-corrected chi connectivity index (χ3v) is 2.28. The molecule has 0 amide bonds. The van der Waals surface area contributed by atoms with E-state index >= 15 is 0 Å². The summed E-state index contributed by atoms with van der Waals surface area (Å²) in [4.78, 5) is 14.5. The molecule has 0 aromatic carbocycles. The molecule has 88 valence electrons. The number of anilines is 1. The van der Waals surface area contributed by atoms with Crippen LogP contribution in [-0.2, 0) is 16.0 Å². The first-order valence-electron chi connectivity index (χ1n) is 4.25. The van der Waals surface area contributed by atoms with Gasteiger partial charge in [-0.2, -0.15) is 0 Å². The number of halogens is 3. The molecule has 0 bridgehead atoms. The highest BCUT2D eigenvalue weighted by Crippen LogP contribution is 2.32. The Bertz CT molecular complexity index is 413. The zero-order valence-electron chi connectivity index (χ0n) is 8.34. The number of nitrogen functional groups attached to an aromatic ring is 1. The van der Waals surface area contributed by atoms with Crippen LogP contribution in [0.5, 0.6) is 0 Å². The van der Waals surface area contributed by atoms with Gasteiger partial charge in [-0.25, -0.2) is 13.8 Å². The molecule has 4 nitrogen and oxygen atoms in total. The van der Waals surface area contributed by atoms with Crippen molar-refractivity contribution in [3.63, 3.8) is 0 Å². The van der Waals surface area contributed by atoms with Crippen molar-refractivity contribution in [1.82, 2.24) is 4.98 Å². The van der Waals surface area contributed by atoms with Crippen molar-refractivity contribution in [2.75, 3.05) is 12.8 Å². The number of hydrogen-bond donors (Lipinski definition) is 1. The molecule has 1 aromatic rings. The van der Waals surface area contributed by atoms with E-state index in [4.69, 9.17) is 17.3 Å². The highest BCUT2D eigenvalue weighted by molar-refractivity contribution is 6.30. The Kier molecular flexibility index (Phi) is 4.00. The number of ether oxygens (including phenoxy) is 1. The Labute approximate surface area is 95.4 Å². The number of nitrogens with zero attached hydrogens (tertiary/aromatic N) is 1. The maximum atomic E-state index is 12.7. The Balaban J connectivity index is 3.23. The molecule has 16 heavy (non-hydrogen) atoms. The summed E-state index contributed by atoms with van der Waals surface area (Å²) in [5.41, 5.74) is 4.90. The number of nitrogens with two attached hydrogens (primary N) is 1. The highest BCUT2D eigenvalue weighted by atomic mass is 35.5. The van der Waals surface area contributed by atoms with Crippen molar-refractivity contribution in [2.24, 2.45) is 0 Å². The van der Waals surface area contributed by atoms with Gasteiger partial charge in [0.25, 0.3) is 6.43 Å². The second-order valence-corrected chi connectivity index (χ2v) is 3.31. The summed E-state index contributed by atoms with van der Waals surface area (Å²) in [5, 5.41) is -0.358. The lowest BCUT2D eigenvalue weighted by atomic mass is 10.1. The van der Waals surface area contributed by atoms with E-state index in [0.29, 0.717) is 0 Å². The van der Waals surface area contributed by atoms with E-state index < -0.39 is 18.0 Å². The average molecular weight is 251 g/mol. The van der Waals surface area contributed by atoms with E-state index in [1.165, 1.54) is 0 Å². The molecule has 1 aromatic heterocycles. The lowest BCUT2D eigenvalue weighted by Gasteiger charge is -2.11. The van der Waals surface area contributed by atoms with Gasteiger partial charge in [0.05, 0.1) is 31.0 Å². The number of hydrogen-bond acceptors (Lipinski definition) is 4. The SMILES string of the molecule is COC(=O)Cc1c(N)cnc(Cl)c1C(F)F. The predicted molar refractivity (Wildman–Crippen MR) is 54.3 cm³/mol. The lowest BCUT2D eigenvalue weighted by molar-refractivity contribution is -0.139. The van der Waals surface area contributed by atoms with Crippen LogP contribution in [0.2, 0.25) is 5.15 Å². The minimum atomic E-state index is -2.84. The van der Waals surface area contributed by atoms with Crippen LogP contribution in [0.1, 0.15) is 17.6 Å². The normalized spacial score (nSPS) is 10.6. The number of carbonyl (C=O) groups is 1. The van der Waals surface area contributed by atoms with Crippen LogP contribution >= 0.6 is 11.6 Å². The van der Waals surface area contributed by atoms with Gasteiger partial charge in [0.1, 0.15) is 5.15 Å². The third-order valence-electron chi connectivity index (χ3n) is 1.98. The first-order valence-corrected chi connectivity index (χ1v) is 4.62. The third kappa shape index (κ3) is 2.57. The van der Waals surface area contributed by atoms with Gasteiger partial charge in [0, 0.05) is 0 Å². The molecule has 0 aliphatic heterocycles. The molecular weight excluding hydrogens is 242 g/mol. The topological polar surface area (TPSA) is 65.2 Å². The number of aromatic nitrogens is 1. The maximum Gasteiger partial charge on any atom is 0.310 e. The lowest BCUT2D eigenvalue weighted by Crippen LogP contribution is -2.11. The van der Waals surface area contributed by atoms with Gasteiger partial charge in [-0.15, -0.1) is 0 Å². The van der Waals surface area contributed by atoms with Gasteiger partial charge in [0.15, 0.2) is 0 Å². The zero-order valence-corrected chi connectivity index (χ0v) is 9.09. The molecule has 2 N–H and O–H groups in total. The summed E-state index contributed by atoms with van der Waals surface area (Å²) in [6.45, 7) is 0. The number of methoxy groups -OCH3 is 1. The van der Waals surface area contributed by atoms with E-state index in [1.807, 2.05) is 0 Å². The molecule has 0 atom stereocenters. The Morgan fingerprint density at radius 2 is 2.31 bits per heavy atom. The van der Waals surface area contributed by atoms with E-state index in [-0.39, 0.29) is 22.8 Å². The largest absolute Gasteiger partial charge is 0.469 e. The number of alkyl halides is 2. The minimum Gasteiger partial charge on any atom is -0.469 e. The van der Waals surface area contributed by atoms with Gasteiger partial charge in [0.2, 0.25) is 0 Å². The molecule has 1 rings (SSSR count). The first kappa shape index (κ1) is 12.6. The minimum absolute atomic E-state index is 0.00917. The van der Waals surface area contributed by atoms with Crippen LogP contribution < -0.4 is 5.73 Å². The Morgan fingerprint density at radius 3 is 2.81 bits per heavy atom. The zero-order chi connectivity index (χ0) is 12.3. The van der Waals surface area contributed by atoms with Crippen molar-refractivity contribution in [3.8, 4) is 0 Å². The molecular formula is C9H9ClF2N2O2. The molecule has 0 radical (unpaired) electrons. The second kappa shape index (κ2) is 5.07. The van der Waals surface area contributed by atoms with Gasteiger partial charge >= 0.3 is 5.97 Å². The van der Waals surface area contributed by atoms with E-state index in [1.54, 1.807) is 0 Å². The van der Waals surface area contributed by atoms with Gasteiger partial charge in [-0.3, -0.25) is 4.79 Å². The summed E-state index contributed by atoms with van der Waals surface area (Å²) in [7, 11) is 1.16. The Morgan fingerprint density at radius 1 is 1.69 bits per heavy atom.